The molecule has 0 aromatic carbocycles. The minimum Gasteiger partial charge on any atom is -0.469 e. The van der Waals surface area contributed by atoms with E-state index < -0.39 is 0 Å². The van der Waals surface area contributed by atoms with Crippen LogP contribution in [0.2, 0.25) is 5.02 Å². The van der Waals surface area contributed by atoms with Gasteiger partial charge in [-0.25, -0.2) is 4.68 Å². The summed E-state index contributed by atoms with van der Waals surface area (Å²) in [6.07, 6.45) is 6.42. The van der Waals surface area contributed by atoms with E-state index in [1.165, 1.54) is 5.56 Å². The highest BCUT2D eigenvalue weighted by Crippen LogP contribution is 2.35. The number of hydrogen-bond acceptors (Lipinski definition) is 3. The van der Waals surface area contributed by atoms with E-state index in [2.05, 4.69) is 5.10 Å². The summed E-state index contributed by atoms with van der Waals surface area (Å²) in [6.45, 7) is 0. The third-order valence-corrected chi connectivity index (χ3v) is 3.39. The van der Waals surface area contributed by atoms with Crippen molar-refractivity contribution in [2.75, 3.05) is 5.73 Å². The lowest BCUT2D eigenvalue weighted by atomic mass is 9.93. The largest absolute Gasteiger partial charge is 0.469 e. The van der Waals surface area contributed by atoms with Gasteiger partial charge >= 0.3 is 0 Å². The molecule has 2 aromatic rings. The van der Waals surface area contributed by atoms with Gasteiger partial charge in [0.05, 0.1) is 18.5 Å². The smallest absolute Gasteiger partial charge is 0.141 e. The first-order chi connectivity index (χ1) is 7.77. The molecule has 1 aliphatic rings. The van der Waals surface area contributed by atoms with Crippen LogP contribution in [0.3, 0.4) is 0 Å². The number of anilines is 1. The molecule has 1 unspecified atom stereocenters. The molecule has 2 N–H and O–H groups in total. The second-order valence-corrected chi connectivity index (χ2v) is 4.44. The second-order valence-electron chi connectivity index (χ2n) is 4.03. The summed E-state index contributed by atoms with van der Waals surface area (Å²) in [6, 6.07) is 2.16. The van der Waals surface area contributed by atoms with Gasteiger partial charge in [-0.2, -0.15) is 5.10 Å². The SMILES string of the molecule is Nc1c(Cl)cnn1C1CCCc2occc21. The third kappa shape index (κ3) is 1.33. The fourth-order valence-electron chi connectivity index (χ4n) is 2.32. The minimum absolute atomic E-state index is 0.162. The Hall–Kier alpha value is -1.42. The lowest BCUT2D eigenvalue weighted by molar-refractivity contribution is 0.409. The molecule has 0 saturated carbocycles. The molecule has 0 radical (unpaired) electrons. The summed E-state index contributed by atoms with van der Waals surface area (Å²) in [5.41, 5.74) is 7.08. The number of aryl methyl sites for hydroxylation is 1. The average Bonchev–Trinajstić information content (AvgIpc) is 2.87. The molecule has 0 spiro atoms. The van der Waals surface area contributed by atoms with Crippen LogP contribution in [-0.4, -0.2) is 9.78 Å². The van der Waals surface area contributed by atoms with Crippen LogP contribution in [0.15, 0.2) is 22.9 Å². The van der Waals surface area contributed by atoms with E-state index in [0.29, 0.717) is 10.8 Å². The summed E-state index contributed by atoms with van der Waals surface area (Å²) in [5.74, 6) is 1.57. The van der Waals surface area contributed by atoms with Crippen LogP contribution in [0.5, 0.6) is 0 Å². The molecule has 2 aromatic heterocycles. The van der Waals surface area contributed by atoms with Crippen molar-refractivity contribution in [3.63, 3.8) is 0 Å². The monoisotopic (exact) mass is 237 g/mol. The number of aromatic nitrogens is 2. The molecule has 1 aliphatic carbocycles. The van der Waals surface area contributed by atoms with Gasteiger partial charge in [-0.3, -0.25) is 0 Å². The average molecular weight is 238 g/mol. The molecule has 2 heterocycles. The predicted molar refractivity (Wildman–Crippen MR) is 61.4 cm³/mol. The number of fused-ring (bicyclic) bond motifs is 1. The van der Waals surface area contributed by atoms with E-state index >= 15 is 0 Å². The van der Waals surface area contributed by atoms with Gasteiger partial charge in [0.15, 0.2) is 0 Å². The Balaban J connectivity index is 2.07. The van der Waals surface area contributed by atoms with Gasteiger partial charge in [0.2, 0.25) is 0 Å². The van der Waals surface area contributed by atoms with E-state index in [1.807, 2.05) is 6.07 Å². The first kappa shape index (κ1) is 9.78. The van der Waals surface area contributed by atoms with Crippen molar-refractivity contribution in [1.29, 1.82) is 0 Å². The maximum Gasteiger partial charge on any atom is 0.141 e. The fourth-order valence-corrected chi connectivity index (χ4v) is 2.45. The predicted octanol–water partition coefficient (Wildman–Crippen LogP) is 2.64. The highest BCUT2D eigenvalue weighted by Gasteiger charge is 2.26. The molecular weight excluding hydrogens is 226 g/mol. The van der Waals surface area contributed by atoms with Gasteiger partial charge < -0.3 is 10.2 Å². The number of furan rings is 1. The van der Waals surface area contributed by atoms with Gasteiger partial charge in [-0.05, 0) is 18.9 Å². The minimum atomic E-state index is 0.162. The van der Waals surface area contributed by atoms with Crippen molar-refractivity contribution in [2.24, 2.45) is 0 Å². The molecule has 5 heteroatoms. The molecule has 0 amide bonds. The molecule has 3 rings (SSSR count). The number of nitrogens with two attached hydrogens (primary N) is 1. The zero-order valence-corrected chi connectivity index (χ0v) is 9.44. The molecule has 0 fully saturated rings. The van der Waals surface area contributed by atoms with Crippen LogP contribution in [-0.2, 0) is 6.42 Å². The first-order valence-electron chi connectivity index (χ1n) is 5.32. The molecule has 0 bridgehead atoms. The Bertz CT molecular complexity index is 517. The highest BCUT2D eigenvalue weighted by atomic mass is 35.5. The number of nitrogen functional groups attached to an aromatic ring is 1. The van der Waals surface area contributed by atoms with Gasteiger partial charge in [-0.1, -0.05) is 11.6 Å². The number of rotatable bonds is 1. The quantitative estimate of drug-likeness (QED) is 0.830. The Morgan fingerprint density at radius 2 is 2.44 bits per heavy atom. The standard InChI is InChI=1S/C11H12ClN3O/c12-8-6-14-15(11(8)13)9-2-1-3-10-7(9)4-5-16-10/h4-6,9H,1-3,13H2. The van der Waals surface area contributed by atoms with Gasteiger partial charge in [0.25, 0.3) is 0 Å². The molecular formula is C11H12ClN3O. The van der Waals surface area contributed by atoms with E-state index in [-0.39, 0.29) is 6.04 Å². The number of hydrogen-bond donors (Lipinski definition) is 1. The molecule has 4 nitrogen and oxygen atoms in total. The Labute approximate surface area is 98.0 Å². The Morgan fingerprint density at radius 1 is 1.56 bits per heavy atom. The van der Waals surface area contributed by atoms with Crippen LogP contribution in [0.4, 0.5) is 5.82 Å². The van der Waals surface area contributed by atoms with Crippen LogP contribution in [0.25, 0.3) is 0 Å². The van der Waals surface area contributed by atoms with Gasteiger partial charge in [0.1, 0.15) is 16.6 Å². The van der Waals surface area contributed by atoms with Gasteiger partial charge in [-0.15, -0.1) is 0 Å². The molecule has 0 saturated heterocycles. The van der Waals surface area contributed by atoms with Crippen molar-refractivity contribution < 1.29 is 4.42 Å². The second kappa shape index (κ2) is 3.56. The molecule has 16 heavy (non-hydrogen) atoms. The van der Waals surface area contributed by atoms with E-state index in [1.54, 1.807) is 17.1 Å². The van der Waals surface area contributed by atoms with Crippen LogP contribution < -0.4 is 5.73 Å². The lowest BCUT2D eigenvalue weighted by Gasteiger charge is -2.22. The van der Waals surface area contributed by atoms with Gasteiger partial charge in [0, 0.05) is 12.0 Å². The van der Waals surface area contributed by atoms with Crippen LogP contribution in [0, 0.1) is 0 Å². The summed E-state index contributed by atoms with van der Waals surface area (Å²) < 4.78 is 7.23. The van der Waals surface area contributed by atoms with E-state index in [0.717, 1.165) is 25.0 Å². The Kier molecular flexibility index (Phi) is 2.17. The molecule has 0 aliphatic heterocycles. The Morgan fingerprint density at radius 3 is 3.19 bits per heavy atom. The maximum absolute atomic E-state index is 5.92. The normalized spacial score (nSPS) is 19.7. The topological polar surface area (TPSA) is 57.0 Å². The van der Waals surface area contributed by atoms with Crippen LogP contribution in [0.1, 0.15) is 30.2 Å². The summed E-state index contributed by atoms with van der Waals surface area (Å²) >= 11 is 5.92. The van der Waals surface area contributed by atoms with Crippen molar-refractivity contribution in [1.82, 2.24) is 9.78 Å². The maximum atomic E-state index is 5.92. The van der Waals surface area contributed by atoms with Crippen LogP contribution >= 0.6 is 11.6 Å². The molecule has 1 atom stereocenters. The summed E-state index contributed by atoms with van der Waals surface area (Å²) in [5, 5.41) is 4.75. The highest BCUT2D eigenvalue weighted by molar-refractivity contribution is 6.32. The van der Waals surface area contributed by atoms with Crippen molar-refractivity contribution in [2.45, 2.75) is 25.3 Å². The fraction of sp³-hybridized carbons (Fsp3) is 0.364. The lowest BCUT2D eigenvalue weighted by Crippen LogP contribution is -2.18. The zero-order valence-electron chi connectivity index (χ0n) is 8.69. The van der Waals surface area contributed by atoms with Crippen molar-refractivity contribution in [3.8, 4) is 0 Å². The third-order valence-electron chi connectivity index (χ3n) is 3.10. The van der Waals surface area contributed by atoms with E-state index in [4.69, 9.17) is 21.8 Å². The number of halogens is 1. The van der Waals surface area contributed by atoms with E-state index in [9.17, 15) is 0 Å². The molecule has 84 valence electrons. The van der Waals surface area contributed by atoms with Crippen molar-refractivity contribution in [3.05, 3.63) is 34.9 Å². The van der Waals surface area contributed by atoms with Crippen molar-refractivity contribution >= 4 is 17.4 Å². The summed E-state index contributed by atoms with van der Waals surface area (Å²) in [7, 11) is 0. The summed E-state index contributed by atoms with van der Waals surface area (Å²) in [4.78, 5) is 0. The zero-order chi connectivity index (χ0) is 11.1. The first-order valence-corrected chi connectivity index (χ1v) is 5.70. The number of nitrogens with zero attached hydrogens (tertiary/aromatic N) is 2.